The van der Waals surface area contributed by atoms with Crippen LogP contribution >= 0.6 is 11.6 Å². The van der Waals surface area contributed by atoms with Crippen LogP contribution in [-0.2, 0) is 15.9 Å². The van der Waals surface area contributed by atoms with Gasteiger partial charge in [-0.25, -0.2) is 12.8 Å². The lowest BCUT2D eigenvalue weighted by molar-refractivity contribution is 0.395. The quantitative estimate of drug-likeness (QED) is 0.711. The molecule has 0 N–H and O–H groups in total. The average Bonchev–Trinajstić information content (AvgIpc) is 3.26. The van der Waals surface area contributed by atoms with E-state index in [0.717, 1.165) is 25.7 Å². The van der Waals surface area contributed by atoms with Crippen molar-refractivity contribution in [3.63, 3.8) is 0 Å². The van der Waals surface area contributed by atoms with Gasteiger partial charge in [0.25, 0.3) is 0 Å². The molecule has 1 aliphatic rings. The van der Waals surface area contributed by atoms with Gasteiger partial charge in [-0.05, 0) is 43.9 Å². The minimum Gasteiger partial charge on any atom is -0.207 e. The number of hydrogen-bond acceptors (Lipinski definition) is 2. The molecule has 1 aromatic rings. The van der Waals surface area contributed by atoms with Gasteiger partial charge in [0.05, 0.1) is 4.90 Å². The van der Waals surface area contributed by atoms with Crippen molar-refractivity contribution in [2.75, 3.05) is 6.54 Å². The van der Waals surface area contributed by atoms with Crippen molar-refractivity contribution in [1.29, 1.82) is 0 Å². The Kier molecular flexibility index (Phi) is 5.28. The molecule has 6 heteroatoms. The smallest absolute Gasteiger partial charge is 0.207 e. The summed E-state index contributed by atoms with van der Waals surface area (Å²) in [7, 11) is -3.66. The van der Waals surface area contributed by atoms with E-state index in [9.17, 15) is 12.8 Å². The maximum atomic E-state index is 13.9. The van der Waals surface area contributed by atoms with E-state index in [4.69, 9.17) is 11.6 Å². The Morgan fingerprint density at radius 3 is 2.57 bits per heavy atom. The summed E-state index contributed by atoms with van der Waals surface area (Å²) in [5.41, 5.74) is 0.663. The minimum absolute atomic E-state index is 0.0566. The van der Waals surface area contributed by atoms with Gasteiger partial charge in [0, 0.05) is 24.0 Å². The van der Waals surface area contributed by atoms with E-state index in [1.54, 1.807) is 0 Å². The highest BCUT2D eigenvalue weighted by Gasteiger charge is 2.38. The van der Waals surface area contributed by atoms with Gasteiger partial charge in [-0.2, -0.15) is 4.31 Å². The van der Waals surface area contributed by atoms with Crippen molar-refractivity contribution >= 4 is 21.6 Å². The molecular formula is C15H21ClFNO2S. The molecule has 1 saturated carbocycles. The molecule has 0 spiro atoms. The lowest BCUT2D eigenvalue weighted by Crippen LogP contribution is -2.34. The zero-order valence-electron chi connectivity index (χ0n) is 12.4. The number of halogens is 2. The van der Waals surface area contributed by atoms with Crippen LogP contribution in [0.15, 0.2) is 17.0 Å². The molecule has 0 aliphatic heterocycles. The summed E-state index contributed by atoms with van der Waals surface area (Å²) < 4.78 is 41.2. The molecule has 0 aromatic heterocycles. The fraction of sp³-hybridized carbons (Fsp3) is 0.600. The van der Waals surface area contributed by atoms with Gasteiger partial charge in [0.15, 0.2) is 0 Å². The molecule has 1 aliphatic carbocycles. The number of nitrogens with zero attached hydrogens (tertiary/aromatic N) is 1. The lowest BCUT2D eigenvalue weighted by Gasteiger charge is -2.23. The van der Waals surface area contributed by atoms with Gasteiger partial charge in [-0.1, -0.05) is 13.3 Å². The number of unbranched alkanes of at least 4 members (excludes halogenated alkanes) is 1. The van der Waals surface area contributed by atoms with Gasteiger partial charge >= 0.3 is 0 Å². The topological polar surface area (TPSA) is 37.4 Å². The highest BCUT2D eigenvalue weighted by Crippen LogP contribution is 2.34. The predicted molar refractivity (Wildman–Crippen MR) is 82.5 cm³/mol. The first-order chi connectivity index (χ1) is 9.91. The molecule has 0 bridgehead atoms. The van der Waals surface area contributed by atoms with Crippen LogP contribution in [0.1, 0.15) is 43.7 Å². The lowest BCUT2D eigenvalue weighted by atomic mass is 10.1. The van der Waals surface area contributed by atoms with Crippen LogP contribution in [-0.4, -0.2) is 25.3 Å². The molecule has 0 amide bonds. The third kappa shape index (κ3) is 3.58. The highest BCUT2D eigenvalue weighted by atomic mass is 35.5. The summed E-state index contributed by atoms with van der Waals surface area (Å²) in [5, 5.41) is 0. The van der Waals surface area contributed by atoms with Gasteiger partial charge < -0.3 is 0 Å². The predicted octanol–water partition coefficient (Wildman–Crippen LogP) is 3.83. The number of hydrogen-bond donors (Lipinski definition) is 0. The van der Waals surface area contributed by atoms with E-state index in [-0.39, 0.29) is 22.4 Å². The Labute approximate surface area is 131 Å². The average molecular weight is 334 g/mol. The van der Waals surface area contributed by atoms with E-state index in [0.29, 0.717) is 12.1 Å². The van der Waals surface area contributed by atoms with Gasteiger partial charge in [0.2, 0.25) is 10.0 Å². The Balaban J connectivity index is 2.44. The fourth-order valence-electron chi connectivity index (χ4n) is 2.35. The van der Waals surface area contributed by atoms with Gasteiger partial charge in [0.1, 0.15) is 5.82 Å². The third-order valence-electron chi connectivity index (χ3n) is 3.78. The largest absolute Gasteiger partial charge is 0.243 e. The monoisotopic (exact) mass is 333 g/mol. The second-order valence-electron chi connectivity index (χ2n) is 5.53. The number of alkyl halides is 1. The zero-order chi connectivity index (χ0) is 15.6. The molecule has 0 heterocycles. The normalized spacial score (nSPS) is 15.7. The Hall–Kier alpha value is -0.650. The standard InChI is InChI=1S/C15H21ClFNO2S/c1-3-4-7-18(13-5-6-13)21(19,20)15-9-12(10-16)8-14(17)11(15)2/h8-9,13H,3-7,10H2,1-2H3. The third-order valence-corrected chi connectivity index (χ3v) is 6.17. The Bertz CT molecular complexity index is 614. The molecule has 0 atom stereocenters. The van der Waals surface area contributed by atoms with Crippen molar-refractivity contribution in [1.82, 2.24) is 4.31 Å². The molecule has 0 unspecified atom stereocenters. The Morgan fingerprint density at radius 1 is 1.38 bits per heavy atom. The molecule has 2 rings (SSSR count). The summed E-state index contributed by atoms with van der Waals surface area (Å²) >= 11 is 5.74. The molecule has 1 aromatic carbocycles. The van der Waals surface area contributed by atoms with Crippen molar-refractivity contribution in [2.45, 2.75) is 56.3 Å². The fourth-order valence-corrected chi connectivity index (χ4v) is 4.52. The van der Waals surface area contributed by atoms with Crippen LogP contribution in [0.3, 0.4) is 0 Å². The van der Waals surface area contributed by atoms with E-state index < -0.39 is 15.8 Å². The van der Waals surface area contributed by atoms with E-state index >= 15 is 0 Å². The summed E-state index contributed by atoms with van der Waals surface area (Å²) in [5.74, 6) is -0.420. The molecule has 0 saturated heterocycles. The number of rotatable bonds is 7. The van der Waals surface area contributed by atoms with E-state index in [2.05, 4.69) is 0 Å². The summed E-state index contributed by atoms with van der Waals surface area (Å²) in [6.45, 7) is 4.03. The minimum atomic E-state index is -3.66. The number of benzene rings is 1. The van der Waals surface area contributed by atoms with Gasteiger partial charge in [-0.3, -0.25) is 0 Å². The van der Waals surface area contributed by atoms with E-state index in [1.165, 1.54) is 23.4 Å². The summed E-state index contributed by atoms with van der Waals surface area (Å²) in [6, 6.07) is 2.88. The van der Waals surface area contributed by atoms with Crippen molar-refractivity contribution in [2.24, 2.45) is 0 Å². The molecule has 1 fully saturated rings. The first kappa shape index (κ1) is 16.7. The van der Waals surface area contributed by atoms with Crippen LogP contribution in [0.2, 0.25) is 0 Å². The molecule has 3 nitrogen and oxygen atoms in total. The van der Waals surface area contributed by atoms with Crippen molar-refractivity contribution in [3.8, 4) is 0 Å². The first-order valence-corrected chi connectivity index (χ1v) is 9.26. The SMILES string of the molecule is CCCCN(C1CC1)S(=O)(=O)c1cc(CCl)cc(F)c1C. The van der Waals surface area contributed by atoms with Crippen LogP contribution in [0.5, 0.6) is 0 Å². The Morgan fingerprint density at radius 2 is 2.05 bits per heavy atom. The molecular weight excluding hydrogens is 313 g/mol. The van der Waals surface area contributed by atoms with Crippen molar-refractivity contribution < 1.29 is 12.8 Å². The van der Waals surface area contributed by atoms with Gasteiger partial charge in [-0.15, -0.1) is 11.6 Å². The maximum Gasteiger partial charge on any atom is 0.243 e. The second kappa shape index (κ2) is 6.63. The van der Waals surface area contributed by atoms with E-state index in [1.807, 2.05) is 6.92 Å². The van der Waals surface area contributed by atoms with Crippen LogP contribution in [0.4, 0.5) is 4.39 Å². The summed E-state index contributed by atoms with van der Waals surface area (Å²) in [4.78, 5) is 0.0566. The molecule has 0 radical (unpaired) electrons. The zero-order valence-corrected chi connectivity index (χ0v) is 14.0. The number of sulfonamides is 1. The van der Waals surface area contributed by atoms with Crippen molar-refractivity contribution in [3.05, 3.63) is 29.1 Å². The highest BCUT2D eigenvalue weighted by molar-refractivity contribution is 7.89. The maximum absolute atomic E-state index is 13.9. The second-order valence-corrected chi connectivity index (χ2v) is 7.66. The first-order valence-electron chi connectivity index (χ1n) is 7.28. The molecule has 118 valence electrons. The summed E-state index contributed by atoms with van der Waals surface area (Å²) in [6.07, 6.45) is 3.51. The van der Waals surface area contributed by atoms with Crippen LogP contribution in [0.25, 0.3) is 0 Å². The van der Waals surface area contributed by atoms with Crippen LogP contribution < -0.4 is 0 Å². The molecule has 21 heavy (non-hydrogen) atoms. The van der Waals surface area contributed by atoms with Crippen LogP contribution in [0, 0.1) is 12.7 Å².